The Kier molecular flexibility index (Phi) is 3.01. The van der Waals surface area contributed by atoms with Gasteiger partial charge in [0.2, 0.25) is 11.8 Å². The van der Waals surface area contributed by atoms with E-state index in [-0.39, 0.29) is 17.7 Å². The predicted octanol–water partition coefficient (Wildman–Crippen LogP) is 1.48. The van der Waals surface area contributed by atoms with Gasteiger partial charge in [0, 0.05) is 37.0 Å². The van der Waals surface area contributed by atoms with E-state index in [2.05, 4.69) is 41.4 Å². The summed E-state index contributed by atoms with van der Waals surface area (Å²) in [4.78, 5) is 25.2. The maximum absolute atomic E-state index is 11.8. The van der Waals surface area contributed by atoms with Crippen LogP contribution in [0.5, 0.6) is 0 Å². The number of nitrogens with zero attached hydrogens (tertiary/aromatic N) is 1. The number of aryl methyl sites for hydroxylation is 1. The molecular weight excluding hydrogens is 240 g/mol. The van der Waals surface area contributed by atoms with Crippen molar-refractivity contribution in [3.8, 4) is 0 Å². The number of carbonyl (C=O) groups excluding carboxylic acids is 2. The molecule has 2 saturated heterocycles. The van der Waals surface area contributed by atoms with E-state index >= 15 is 0 Å². The summed E-state index contributed by atoms with van der Waals surface area (Å²) >= 11 is 0. The second-order valence-electron chi connectivity index (χ2n) is 5.56. The lowest BCUT2D eigenvalue weighted by molar-refractivity contribution is -0.138. The van der Waals surface area contributed by atoms with Gasteiger partial charge in [0.15, 0.2) is 0 Å². The Morgan fingerprint density at radius 3 is 2.74 bits per heavy atom. The third-order valence-corrected chi connectivity index (χ3v) is 4.13. The number of imide groups is 1. The molecular formula is C15H18N2O2. The lowest BCUT2D eigenvalue weighted by Crippen LogP contribution is -2.55. The monoisotopic (exact) mass is 258 g/mol. The summed E-state index contributed by atoms with van der Waals surface area (Å²) in [5, 5.41) is 2.45. The smallest absolute Gasteiger partial charge is 0.230 e. The first-order valence-electron chi connectivity index (χ1n) is 6.79. The van der Waals surface area contributed by atoms with E-state index in [1.807, 2.05) is 0 Å². The Hall–Kier alpha value is -1.84. The van der Waals surface area contributed by atoms with Gasteiger partial charge in [0.25, 0.3) is 0 Å². The third-order valence-electron chi connectivity index (χ3n) is 4.13. The zero-order chi connectivity index (χ0) is 13.4. The van der Waals surface area contributed by atoms with Crippen molar-refractivity contribution in [1.29, 1.82) is 0 Å². The zero-order valence-electron chi connectivity index (χ0n) is 11.1. The predicted molar refractivity (Wildman–Crippen MR) is 72.8 cm³/mol. The van der Waals surface area contributed by atoms with E-state index in [1.54, 1.807) is 0 Å². The summed E-state index contributed by atoms with van der Waals surface area (Å²) in [7, 11) is 0. The van der Waals surface area contributed by atoms with Gasteiger partial charge in [-0.25, -0.2) is 0 Å². The molecule has 1 unspecified atom stereocenters. The van der Waals surface area contributed by atoms with Gasteiger partial charge in [-0.15, -0.1) is 0 Å². The van der Waals surface area contributed by atoms with Crippen LogP contribution in [0.1, 0.15) is 18.4 Å². The van der Waals surface area contributed by atoms with Gasteiger partial charge < -0.3 is 4.90 Å². The van der Waals surface area contributed by atoms with Gasteiger partial charge in [-0.1, -0.05) is 12.1 Å². The number of hydrogen-bond acceptors (Lipinski definition) is 3. The first-order valence-corrected chi connectivity index (χ1v) is 6.79. The van der Waals surface area contributed by atoms with Crippen molar-refractivity contribution in [2.24, 2.45) is 11.8 Å². The van der Waals surface area contributed by atoms with Crippen LogP contribution in [-0.2, 0) is 9.59 Å². The SMILES string of the molecule is Cc1cccc(N2CC(C3CCC(=O)NC3=O)C2)c1. The molecule has 0 saturated carbocycles. The molecule has 2 heterocycles. The molecule has 4 heteroatoms. The Bertz CT molecular complexity index is 521. The summed E-state index contributed by atoms with van der Waals surface area (Å²) in [6, 6.07) is 8.42. The molecule has 0 spiro atoms. The lowest BCUT2D eigenvalue weighted by Gasteiger charge is -2.45. The quantitative estimate of drug-likeness (QED) is 0.818. The Morgan fingerprint density at radius 2 is 2.05 bits per heavy atom. The van der Waals surface area contributed by atoms with Crippen LogP contribution < -0.4 is 10.2 Å². The summed E-state index contributed by atoms with van der Waals surface area (Å²) in [5.74, 6) is 0.189. The minimum Gasteiger partial charge on any atom is -0.371 e. The molecule has 2 fully saturated rings. The van der Waals surface area contributed by atoms with Crippen molar-refractivity contribution in [1.82, 2.24) is 5.32 Å². The number of anilines is 1. The van der Waals surface area contributed by atoms with Crippen LogP contribution in [0.25, 0.3) is 0 Å². The van der Waals surface area contributed by atoms with E-state index in [9.17, 15) is 9.59 Å². The first kappa shape index (κ1) is 12.2. The molecule has 3 rings (SSSR count). The number of hydrogen-bond donors (Lipinski definition) is 1. The van der Waals surface area contributed by atoms with Gasteiger partial charge >= 0.3 is 0 Å². The number of amides is 2. The molecule has 0 aliphatic carbocycles. The maximum Gasteiger partial charge on any atom is 0.230 e. The highest BCUT2D eigenvalue weighted by Gasteiger charge is 2.39. The standard InChI is InChI=1S/C15H18N2O2/c1-10-3-2-4-12(7-10)17-8-11(9-17)13-5-6-14(18)16-15(13)19/h2-4,7,11,13H,5-6,8-9H2,1H3,(H,16,18,19). The van der Waals surface area contributed by atoms with Crippen LogP contribution in [0.3, 0.4) is 0 Å². The number of benzene rings is 1. The second kappa shape index (κ2) is 4.68. The number of carbonyl (C=O) groups is 2. The minimum absolute atomic E-state index is 0.0127. The van der Waals surface area contributed by atoms with Crippen LogP contribution in [-0.4, -0.2) is 24.9 Å². The highest BCUT2D eigenvalue weighted by atomic mass is 16.2. The van der Waals surface area contributed by atoms with Gasteiger partial charge in [-0.3, -0.25) is 14.9 Å². The Morgan fingerprint density at radius 1 is 1.26 bits per heavy atom. The lowest BCUT2D eigenvalue weighted by atomic mass is 9.80. The van der Waals surface area contributed by atoms with E-state index in [0.29, 0.717) is 18.8 Å². The van der Waals surface area contributed by atoms with Gasteiger partial charge in [0.05, 0.1) is 0 Å². The molecule has 0 bridgehead atoms. The topological polar surface area (TPSA) is 49.4 Å². The second-order valence-corrected chi connectivity index (χ2v) is 5.56. The normalized spacial score (nSPS) is 24.1. The highest BCUT2D eigenvalue weighted by molar-refractivity contribution is 5.98. The summed E-state index contributed by atoms with van der Waals surface area (Å²) < 4.78 is 0. The van der Waals surface area contributed by atoms with Crippen molar-refractivity contribution < 1.29 is 9.59 Å². The largest absolute Gasteiger partial charge is 0.371 e. The van der Waals surface area contributed by atoms with E-state index in [4.69, 9.17) is 0 Å². The molecule has 100 valence electrons. The highest BCUT2D eigenvalue weighted by Crippen LogP contribution is 2.33. The van der Waals surface area contributed by atoms with Crippen molar-refractivity contribution in [3.05, 3.63) is 29.8 Å². The van der Waals surface area contributed by atoms with E-state index in [1.165, 1.54) is 11.3 Å². The fraction of sp³-hybridized carbons (Fsp3) is 0.467. The molecule has 2 aliphatic heterocycles. The van der Waals surface area contributed by atoms with Gasteiger partial charge in [-0.05, 0) is 31.0 Å². The van der Waals surface area contributed by atoms with Gasteiger partial charge in [-0.2, -0.15) is 0 Å². The summed E-state index contributed by atoms with van der Waals surface area (Å²) in [5.41, 5.74) is 2.48. The van der Waals surface area contributed by atoms with Crippen LogP contribution >= 0.6 is 0 Å². The molecule has 19 heavy (non-hydrogen) atoms. The van der Waals surface area contributed by atoms with Crippen molar-refractivity contribution in [2.45, 2.75) is 19.8 Å². The van der Waals surface area contributed by atoms with Gasteiger partial charge in [0.1, 0.15) is 0 Å². The molecule has 0 radical (unpaired) electrons. The molecule has 1 aromatic carbocycles. The maximum atomic E-state index is 11.8. The third kappa shape index (κ3) is 2.35. The van der Waals surface area contributed by atoms with Crippen molar-refractivity contribution >= 4 is 17.5 Å². The number of rotatable bonds is 2. The minimum atomic E-state index is -0.129. The zero-order valence-corrected chi connectivity index (χ0v) is 11.1. The van der Waals surface area contributed by atoms with Crippen LogP contribution in [0, 0.1) is 18.8 Å². The molecule has 2 amide bonds. The number of piperidine rings is 1. The average molecular weight is 258 g/mol. The molecule has 1 aromatic rings. The molecule has 2 aliphatic rings. The van der Waals surface area contributed by atoms with Crippen LogP contribution in [0.15, 0.2) is 24.3 Å². The first-order chi connectivity index (χ1) is 9.13. The summed E-state index contributed by atoms with van der Waals surface area (Å²) in [6.07, 6.45) is 1.19. The molecule has 1 N–H and O–H groups in total. The fourth-order valence-electron chi connectivity index (χ4n) is 2.96. The van der Waals surface area contributed by atoms with E-state index < -0.39 is 0 Å². The van der Waals surface area contributed by atoms with Crippen molar-refractivity contribution in [3.63, 3.8) is 0 Å². The molecule has 4 nitrogen and oxygen atoms in total. The van der Waals surface area contributed by atoms with Crippen LogP contribution in [0.2, 0.25) is 0 Å². The average Bonchev–Trinajstić information content (AvgIpc) is 2.30. The summed E-state index contributed by atoms with van der Waals surface area (Å²) in [6.45, 7) is 3.91. The van der Waals surface area contributed by atoms with E-state index in [0.717, 1.165) is 13.1 Å². The Balaban J connectivity index is 1.61. The fourth-order valence-corrected chi connectivity index (χ4v) is 2.96. The Labute approximate surface area is 112 Å². The molecule has 0 aromatic heterocycles. The molecule has 1 atom stereocenters. The number of nitrogens with one attached hydrogen (secondary N) is 1. The van der Waals surface area contributed by atoms with Crippen LogP contribution in [0.4, 0.5) is 5.69 Å². The van der Waals surface area contributed by atoms with Crippen molar-refractivity contribution in [2.75, 3.05) is 18.0 Å².